The minimum atomic E-state index is 0.312. The van der Waals surface area contributed by atoms with Gasteiger partial charge in [-0.2, -0.15) is 5.10 Å². The third kappa shape index (κ3) is 5.07. The van der Waals surface area contributed by atoms with E-state index in [9.17, 15) is 0 Å². The second-order valence-corrected chi connectivity index (χ2v) is 7.21. The van der Waals surface area contributed by atoms with Crippen LogP contribution in [0.3, 0.4) is 0 Å². The normalized spacial score (nSPS) is 17.1. The molecule has 1 N–H and O–H groups in total. The summed E-state index contributed by atoms with van der Waals surface area (Å²) in [5, 5.41) is 8.91. The Morgan fingerprint density at radius 3 is 2.85 bits per heavy atom. The fraction of sp³-hybridized carbons (Fsp3) is 0.550. The minimum Gasteiger partial charge on any atom is -0.379 e. The monoisotopic (exact) mass is 377 g/mol. The Balaban J connectivity index is 1.42. The van der Waals surface area contributed by atoms with Crippen molar-refractivity contribution in [3.8, 4) is 5.69 Å². The van der Waals surface area contributed by atoms with Crippen LogP contribution >= 0.6 is 11.6 Å². The van der Waals surface area contributed by atoms with Crippen molar-refractivity contribution in [3.63, 3.8) is 0 Å². The van der Waals surface area contributed by atoms with Crippen LogP contribution in [0, 0.1) is 13.8 Å². The highest BCUT2D eigenvalue weighted by molar-refractivity contribution is 6.30. The Labute approximate surface area is 160 Å². The summed E-state index contributed by atoms with van der Waals surface area (Å²) in [5.74, 6) is 0. The predicted molar refractivity (Wildman–Crippen MR) is 104 cm³/mol. The summed E-state index contributed by atoms with van der Waals surface area (Å²) in [5.41, 5.74) is 4.50. The average Bonchev–Trinajstić information content (AvgIpc) is 3.24. The highest BCUT2D eigenvalue weighted by Gasteiger charge is 2.15. The van der Waals surface area contributed by atoms with Gasteiger partial charge in [0.15, 0.2) is 0 Å². The van der Waals surface area contributed by atoms with E-state index in [1.165, 1.54) is 5.56 Å². The first-order valence-corrected chi connectivity index (χ1v) is 9.74. The first kappa shape index (κ1) is 19.4. The molecule has 1 aliphatic heterocycles. The molecule has 3 rings (SSSR count). The molecule has 0 saturated carbocycles. The first-order valence-electron chi connectivity index (χ1n) is 9.36. The Kier molecular flexibility index (Phi) is 7.08. The number of rotatable bonds is 9. The largest absolute Gasteiger partial charge is 0.379 e. The zero-order valence-electron chi connectivity index (χ0n) is 15.6. The summed E-state index contributed by atoms with van der Waals surface area (Å²) < 4.78 is 13.2. The van der Waals surface area contributed by atoms with Gasteiger partial charge in [0.05, 0.1) is 24.1 Å². The zero-order chi connectivity index (χ0) is 18.4. The Morgan fingerprint density at radius 2 is 2.12 bits per heavy atom. The highest BCUT2D eigenvalue weighted by Crippen LogP contribution is 2.19. The Morgan fingerprint density at radius 1 is 1.31 bits per heavy atom. The summed E-state index contributed by atoms with van der Waals surface area (Å²) in [6, 6.07) is 7.76. The molecule has 5 nitrogen and oxygen atoms in total. The standard InChI is InChI=1S/C20H28ClN3O2/c1-15-20(13-22-10-4-11-25-14-19-5-3-12-26-19)16(2)24(23-15)18-8-6-17(21)7-9-18/h6-9,19,22H,3-5,10-14H2,1-2H3. The van der Waals surface area contributed by atoms with Crippen LogP contribution < -0.4 is 5.32 Å². The third-order valence-corrected chi connectivity index (χ3v) is 5.04. The molecular weight excluding hydrogens is 350 g/mol. The topological polar surface area (TPSA) is 48.3 Å². The molecular formula is C20H28ClN3O2. The molecule has 26 heavy (non-hydrogen) atoms. The van der Waals surface area contributed by atoms with Crippen molar-refractivity contribution in [1.29, 1.82) is 0 Å². The number of nitrogens with one attached hydrogen (secondary N) is 1. The van der Waals surface area contributed by atoms with E-state index in [4.69, 9.17) is 21.1 Å². The molecule has 2 heterocycles. The van der Waals surface area contributed by atoms with Crippen LogP contribution in [0.5, 0.6) is 0 Å². The van der Waals surface area contributed by atoms with E-state index in [-0.39, 0.29) is 0 Å². The van der Waals surface area contributed by atoms with E-state index in [1.54, 1.807) is 0 Å². The van der Waals surface area contributed by atoms with Crippen LogP contribution in [0.4, 0.5) is 0 Å². The molecule has 0 amide bonds. The molecule has 142 valence electrons. The van der Waals surface area contributed by atoms with Crippen LogP contribution in [0.2, 0.25) is 5.02 Å². The predicted octanol–water partition coefficient (Wildman–Crippen LogP) is 3.82. The van der Waals surface area contributed by atoms with Gasteiger partial charge >= 0.3 is 0 Å². The molecule has 1 fully saturated rings. The number of aromatic nitrogens is 2. The lowest BCUT2D eigenvalue weighted by atomic mass is 10.2. The van der Waals surface area contributed by atoms with Gasteiger partial charge in [-0.05, 0) is 63.9 Å². The molecule has 1 aromatic heterocycles. The molecule has 1 unspecified atom stereocenters. The zero-order valence-corrected chi connectivity index (χ0v) is 16.4. The number of aryl methyl sites for hydroxylation is 1. The summed E-state index contributed by atoms with van der Waals surface area (Å²) in [6.45, 7) is 8.30. The molecule has 0 bridgehead atoms. The van der Waals surface area contributed by atoms with Crippen molar-refractivity contribution in [2.75, 3.05) is 26.4 Å². The van der Waals surface area contributed by atoms with Crippen LogP contribution in [0.1, 0.15) is 36.2 Å². The van der Waals surface area contributed by atoms with Crippen molar-refractivity contribution in [1.82, 2.24) is 15.1 Å². The molecule has 0 spiro atoms. The van der Waals surface area contributed by atoms with Gasteiger partial charge in [-0.15, -0.1) is 0 Å². The highest BCUT2D eigenvalue weighted by atomic mass is 35.5. The van der Waals surface area contributed by atoms with Crippen LogP contribution in [-0.4, -0.2) is 42.2 Å². The quantitative estimate of drug-likeness (QED) is 0.675. The summed E-state index contributed by atoms with van der Waals surface area (Å²) in [4.78, 5) is 0. The maximum atomic E-state index is 5.98. The molecule has 1 atom stereocenters. The molecule has 1 saturated heterocycles. The lowest BCUT2D eigenvalue weighted by Gasteiger charge is -2.10. The molecule has 1 aliphatic rings. The first-order chi connectivity index (χ1) is 12.6. The number of nitrogens with zero attached hydrogens (tertiary/aromatic N) is 2. The van der Waals surface area contributed by atoms with Gasteiger partial charge in [0.2, 0.25) is 0 Å². The van der Waals surface area contributed by atoms with Crippen molar-refractivity contribution in [2.45, 2.75) is 45.8 Å². The van der Waals surface area contributed by atoms with Gasteiger partial charge in [-0.3, -0.25) is 0 Å². The average molecular weight is 378 g/mol. The van der Waals surface area contributed by atoms with Crippen molar-refractivity contribution in [2.24, 2.45) is 0 Å². The number of halogens is 1. The maximum absolute atomic E-state index is 5.98. The van der Waals surface area contributed by atoms with E-state index < -0.39 is 0 Å². The fourth-order valence-corrected chi connectivity index (χ4v) is 3.39. The van der Waals surface area contributed by atoms with E-state index in [2.05, 4.69) is 24.3 Å². The number of benzene rings is 1. The van der Waals surface area contributed by atoms with Crippen LogP contribution in [0.25, 0.3) is 5.69 Å². The smallest absolute Gasteiger partial charge is 0.0809 e. The molecule has 6 heteroatoms. The molecule has 0 aliphatic carbocycles. The van der Waals surface area contributed by atoms with Crippen molar-refractivity contribution >= 4 is 11.6 Å². The van der Waals surface area contributed by atoms with Crippen molar-refractivity contribution < 1.29 is 9.47 Å². The van der Waals surface area contributed by atoms with Gasteiger partial charge in [-0.1, -0.05) is 11.6 Å². The minimum absolute atomic E-state index is 0.312. The SMILES string of the molecule is Cc1nn(-c2ccc(Cl)cc2)c(C)c1CNCCCOCC1CCCO1. The van der Waals surface area contributed by atoms with Gasteiger partial charge in [0.25, 0.3) is 0 Å². The maximum Gasteiger partial charge on any atom is 0.0809 e. The lowest BCUT2D eigenvalue weighted by Crippen LogP contribution is -2.19. The van der Waals surface area contributed by atoms with Crippen molar-refractivity contribution in [3.05, 3.63) is 46.2 Å². The van der Waals surface area contributed by atoms with E-state index in [1.807, 2.05) is 28.9 Å². The van der Waals surface area contributed by atoms with Gasteiger partial charge in [0.1, 0.15) is 0 Å². The van der Waals surface area contributed by atoms with Crippen LogP contribution in [-0.2, 0) is 16.0 Å². The summed E-state index contributed by atoms with van der Waals surface area (Å²) >= 11 is 5.98. The van der Waals surface area contributed by atoms with Crippen LogP contribution in [0.15, 0.2) is 24.3 Å². The van der Waals surface area contributed by atoms with E-state index in [0.717, 1.165) is 74.3 Å². The number of hydrogen-bond donors (Lipinski definition) is 1. The van der Waals surface area contributed by atoms with Gasteiger partial charge in [-0.25, -0.2) is 4.68 Å². The summed E-state index contributed by atoms with van der Waals surface area (Å²) in [6.07, 6.45) is 3.61. The number of ether oxygens (including phenoxy) is 2. The summed E-state index contributed by atoms with van der Waals surface area (Å²) in [7, 11) is 0. The molecule has 2 aromatic rings. The van der Waals surface area contributed by atoms with Gasteiger partial charge < -0.3 is 14.8 Å². The lowest BCUT2D eigenvalue weighted by molar-refractivity contribution is 0.0166. The third-order valence-electron chi connectivity index (χ3n) is 4.78. The fourth-order valence-electron chi connectivity index (χ4n) is 3.27. The molecule has 1 aromatic carbocycles. The van der Waals surface area contributed by atoms with E-state index in [0.29, 0.717) is 6.10 Å². The molecule has 0 radical (unpaired) electrons. The Hall–Kier alpha value is -1.40. The second-order valence-electron chi connectivity index (χ2n) is 6.78. The Bertz CT molecular complexity index is 694. The second kappa shape index (κ2) is 9.51. The van der Waals surface area contributed by atoms with Gasteiger partial charge in [0, 0.05) is 36.0 Å². The number of hydrogen-bond acceptors (Lipinski definition) is 4. The van der Waals surface area contributed by atoms with E-state index >= 15 is 0 Å².